The van der Waals surface area contributed by atoms with Crippen LogP contribution >= 0.6 is 23.2 Å². The highest BCUT2D eigenvalue weighted by atomic mass is 35.5. The molecule has 0 fully saturated rings. The van der Waals surface area contributed by atoms with Crippen LogP contribution in [-0.4, -0.2) is 25.3 Å². The molecule has 32 heavy (non-hydrogen) atoms. The summed E-state index contributed by atoms with van der Waals surface area (Å²) in [6, 6.07) is 20.1. The number of benzene rings is 3. The molecular weight excluding hydrogens is 449 g/mol. The second-order valence-corrected chi connectivity index (χ2v) is 7.52. The van der Waals surface area contributed by atoms with E-state index >= 15 is 0 Å². The molecule has 3 aromatic rings. The van der Waals surface area contributed by atoms with Gasteiger partial charge in [-0.25, -0.2) is 5.43 Å². The maximum atomic E-state index is 11.9. The quantitative estimate of drug-likeness (QED) is 0.301. The molecule has 6 nitrogen and oxygen atoms in total. The zero-order chi connectivity index (χ0) is 22.8. The molecule has 3 rings (SSSR count). The van der Waals surface area contributed by atoms with Crippen molar-refractivity contribution in [1.82, 2.24) is 5.43 Å². The van der Waals surface area contributed by atoms with Gasteiger partial charge in [-0.05, 0) is 55.0 Å². The number of nitrogens with zero attached hydrogens (tertiary/aromatic N) is 1. The molecule has 0 heterocycles. The third-order valence-electron chi connectivity index (χ3n) is 4.30. The molecule has 0 bridgehead atoms. The van der Waals surface area contributed by atoms with Gasteiger partial charge >= 0.3 is 0 Å². The maximum absolute atomic E-state index is 11.9. The average molecular weight is 472 g/mol. The van der Waals surface area contributed by atoms with E-state index in [4.69, 9.17) is 32.7 Å². The molecule has 0 aliphatic carbocycles. The van der Waals surface area contributed by atoms with Crippen LogP contribution in [0.4, 0.5) is 5.69 Å². The van der Waals surface area contributed by atoms with Crippen LogP contribution in [0.3, 0.4) is 0 Å². The zero-order valence-electron chi connectivity index (χ0n) is 17.5. The van der Waals surface area contributed by atoms with Gasteiger partial charge in [-0.15, -0.1) is 0 Å². The summed E-state index contributed by atoms with van der Waals surface area (Å²) in [5, 5.41) is 8.14. The third kappa shape index (κ3) is 7.18. The van der Waals surface area contributed by atoms with E-state index in [1.807, 2.05) is 49.4 Å². The first-order chi connectivity index (χ1) is 15.5. The summed E-state index contributed by atoms with van der Waals surface area (Å²) < 4.78 is 11.6. The number of hydrogen-bond acceptors (Lipinski definition) is 5. The Balaban J connectivity index is 1.57. The van der Waals surface area contributed by atoms with Gasteiger partial charge in [-0.2, -0.15) is 5.10 Å². The number of rotatable bonds is 10. The first-order valence-electron chi connectivity index (χ1n) is 9.99. The number of para-hydroxylation sites is 1. The van der Waals surface area contributed by atoms with Crippen molar-refractivity contribution < 1.29 is 14.3 Å². The first-order valence-corrected chi connectivity index (χ1v) is 10.7. The minimum absolute atomic E-state index is 0.117. The highest BCUT2D eigenvalue weighted by Crippen LogP contribution is 2.30. The Kier molecular flexibility index (Phi) is 8.78. The molecule has 1 amide bonds. The molecule has 0 aliphatic heterocycles. The molecular formula is C24H23Cl2N3O3. The van der Waals surface area contributed by atoms with Crippen LogP contribution in [-0.2, 0) is 11.4 Å². The molecule has 0 radical (unpaired) electrons. The minimum Gasteiger partial charge on any atom is -0.490 e. The minimum atomic E-state index is -0.255. The number of anilines is 1. The van der Waals surface area contributed by atoms with Crippen molar-refractivity contribution >= 4 is 41.0 Å². The van der Waals surface area contributed by atoms with Crippen molar-refractivity contribution in [2.24, 2.45) is 5.10 Å². The highest BCUT2D eigenvalue weighted by Gasteiger charge is 2.09. The molecule has 0 atom stereocenters. The van der Waals surface area contributed by atoms with Crippen molar-refractivity contribution in [2.45, 2.75) is 13.5 Å². The molecule has 2 N–H and O–H groups in total. The van der Waals surface area contributed by atoms with Crippen LogP contribution in [0.5, 0.6) is 11.5 Å². The Labute approximate surface area is 197 Å². The van der Waals surface area contributed by atoms with Gasteiger partial charge in [0.2, 0.25) is 0 Å². The lowest BCUT2D eigenvalue weighted by Gasteiger charge is -2.13. The van der Waals surface area contributed by atoms with Gasteiger partial charge in [0.1, 0.15) is 6.61 Å². The van der Waals surface area contributed by atoms with Crippen LogP contribution in [0.1, 0.15) is 18.1 Å². The van der Waals surface area contributed by atoms with E-state index in [0.717, 1.165) is 16.8 Å². The smallest absolute Gasteiger partial charge is 0.259 e. The topological polar surface area (TPSA) is 72.0 Å². The average Bonchev–Trinajstić information content (AvgIpc) is 2.79. The summed E-state index contributed by atoms with van der Waals surface area (Å²) in [6.07, 6.45) is 1.54. The summed E-state index contributed by atoms with van der Waals surface area (Å²) in [7, 11) is 0. The fourth-order valence-corrected chi connectivity index (χ4v) is 3.21. The Morgan fingerprint density at radius 2 is 1.81 bits per heavy atom. The van der Waals surface area contributed by atoms with Gasteiger partial charge in [-0.3, -0.25) is 4.79 Å². The normalized spacial score (nSPS) is 10.7. The summed E-state index contributed by atoms with van der Waals surface area (Å²) in [4.78, 5) is 11.9. The van der Waals surface area contributed by atoms with Crippen molar-refractivity contribution in [1.29, 1.82) is 0 Å². The Hall–Kier alpha value is -3.22. The van der Waals surface area contributed by atoms with Gasteiger partial charge in [0.15, 0.2) is 11.5 Å². The van der Waals surface area contributed by atoms with Crippen LogP contribution < -0.4 is 20.2 Å². The van der Waals surface area contributed by atoms with Crippen molar-refractivity contribution in [2.75, 3.05) is 18.5 Å². The van der Waals surface area contributed by atoms with Gasteiger partial charge in [-0.1, -0.05) is 47.5 Å². The Bertz CT molecular complexity index is 1080. The van der Waals surface area contributed by atoms with E-state index in [1.54, 1.807) is 30.5 Å². The second kappa shape index (κ2) is 12.0. The monoisotopic (exact) mass is 471 g/mol. The third-order valence-corrected chi connectivity index (χ3v) is 4.88. The maximum Gasteiger partial charge on any atom is 0.259 e. The van der Waals surface area contributed by atoms with Crippen molar-refractivity contribution in [3.63, 3.8) is 0 Å². The summed E-state index contributed by atoms with van der Waals surface area (Å²) in [5.41, 5.74) is 4.93. The molecule has 0 aliphatic rings. The number of ether oxygens (including phenoxy) is 2. The van der Waals surface area contributed by atoms with E-state index in [2.05, 4.69) is 15.8 Å². The number of carbonyl (C=O) groups excluding carboxylic acids is 1. The Morgan fingerprint density at radius 1 is 1.00 bits per heavy atom. The molecule has 0 saturated carbocycles. The van der Waals surface area contributed by atoms with Crippen molar-refractivity contribution in [3.8, 4) is 11.5 Å². The number of carbonyl (C=O) groups is 1. The number of nitrogens with one attached hydrogen (secondary N) is 2. The number of hydrazone groups is 1. The highest BCUT2D eigenvalue weighted by molar-refractivity contribution is 6.35. The fraction of sp³-hybridized carbons (Fsp3) is 0.167. The van der Waals surface area contributed by atoms with Crippen molar-refractivity contribution in [3.05, 3.63) is 87.9 Å². The van der Waals surface area contributed by atoms with E-state index in [9.17, 15) is 4.79 Å². The predicted octanol–water partition coefficient (Wildman–Crippen LogP) is 5.53. The van der Waals surface area contributed by atoms with Crippen LogP contribution in [0.2, 0.25) is 10.0 Å². The SMILES string of the molecule is CCOc1cc(/C=N\NC(=O)CNc2ccccc2)ccc1OCc1ccc(Cl)cc1Cl. The largest absolute Gasteiger partial charge is 0.490 e. The number of amides is 1. The lowest BCUT2D eigenvalue weighted by molar-refractivity contribution is -0.119. The van der Waals surface area contributed by atoms with E-state index in [1.165, 1.54) is 0 Å². The molecule has 166 valence electrons. The number of halogens is 2. The summed E-state index contributed by atoms with van der Waals surface area (Å²) >= 11 is 12.1. The summed E-state index contributed by atoms with van der Waals surface area (Å²) in [5.74, 6) is 0.889. The molecule has 0 aromatic heterocycles. The van der Waals surface area contributed by atoms with Crippen LogP contribution in [0.25, 0.3) is 0 Å². The van der Waals surface area contributed by atoms with Gasteiger partial charge < -0.3 is 14.8 Å². The number of hydrogen-bond donors (Lipinski definition) is 2. The lowest BCUT2D eigenvalue weighted by atomic mass is 10.2. The van der Waals surface area contributed by atoms with Gasteiger partial charge in [0.25, 0.3) is 5.91 Å². The predicted molar refractivity (Wildman–Crippen MR) is 129 cm³/mol. The molecule has 3 aromatic carbocycles. The zero-order valence-corrected chi connectivity index (χ0v) is 19.0. The molecule has 8 heteroatoms. The van der Waals surface area contributed by atoms with Crippen LogP contribution in [0.15, 0.2) is 71.8 Å². The van der Waals surface area contributed by atoms with E-state index in [0.29, 0.717) is 28.2 Å². The standard InChI is InChI=1S/C24H23Cl2N3O3/c1-2-31-23-12-17(14-28-29-24(30)15-27-20-6-4-3-5-7-20)8-11-22(23)32-16-18-9-10-19(25)13-21(18)26/h3-14,27H,2,15-16H2,1H3,(H,29,30)/b28-14-. The van der Waals surface area contributed by atoms with E-state index in [-0.39, 0.29) is 19.1 Å². The van der Waals surface area contributed by atoms with E-state index < -0.39 is 0 Å². The lowest BCUT2D eigenvalue weighted by Crippen LogP contribution is -2.25. The molecule has 0 spiro atoms. The van der Waals surface area contributed by atoms with Gasteiger partial charge in [0.05, 0.1) is 19.4 Å². The fourth-order valence-electron chi connectivity index (χ4n) is 2.74. The van der Waals surface area contributed by atoms with Crippen LogP contribution in [0, 0.1) is 0 Å². The first kappa shape index (κ1) is 23.4. The Morgan fingerprint density at radius 3 is 2.56 bits per heavy atom. The second-order valence-electron chi connectivity index (χ2n) is 6.68. The summed E-state index contributed by atoms with van der Waals surface area (Å²) in [6.45, 7) is 2.75. The van der Waals surface area contributed by atoms with Gasteiger partial charge in [0, 0.05) is 21.3 Å². The molecule has 0 unspecified atom stereocenters. The molecule has 0 saturated heterocycles.